The number of nitrogens with two attached hydrogens (primary N) is 1. The van der Waals surface area contributed by atoms with E-state index < -0.39 is 0 Å². The third-order valence-corrected chi connectivity index (χ3v) is 6.10. The lowest BCUT2D eigenvalue weighted by atomic mass is 9.92. The van der Waals surface area contributed by atoms with Crippen molar-refractivity contribution in [3.63, 3.8) is 0 Å². The van der Waals surface area contributed by atoms with Gasteiger partial charge in [-0.15, -0.1) is 0 Å². The molecule has 0 saturated carbocycles. The third-order valence-electron chi connectivity index (χ3n) is 6.10. The van der Waals surface area contributed by atoms with Gasteiger partial charge in [0.1, 0.15) is 0 Å². The summed E-state index contributed by atoms with van der Waals surface area (Å²) in [6.45, 7) is 1.44. The van der Waals surface area contributed by atoms with Crippen molar-refractivity contribution in [3.8, 4) is 23.0 Å². The molecule has 5 rings (SSSR count). The number of piperidine rings is 1. The number of benzene rings is 2. The van der Waals surface area contributed by atoms with Gasteiger partial charge in [-0.2, -0.15) is 0 Å². The summed E-state index contributed by atoms with van der Waals surface area (Å²) in [7, 11) is 3.20. The van der Waals surface area contributed by atoms with E-state index in [1.807, 2.05) is 23.1 Å². The van der Waals surface area contributed by atoms with Crippen LogP contribution in [0, 0.1) is 0 Å². The van der Waals surface area contributed by atoms with Crippen LogP contribution in [0.25, 0.3) is 10.9 Å². The highest BCUT2D eigenvalue weighted by atomic mass is 16.7. The second-order valence-corrected chi connectivity index (χ2v) is 8.02. The van der Waals surface area contributed by atoms with E-state index >= 15 is 0 Å². The molecule has 3 aromatic rings. The number of hydrogen-bond acceptors (Lipinski definition) is 7. The number of rotatable bonds is 4. The van der Waals surface area contributed by atoms with Gasteiger partial charge in [-0.1, -0.05) is 0 Å². The zero-order chi connectivity index (χ0) is 22.2. The smallest absolute Gasteiger partial charge is 0.254 e. The van der Waals surface area contributed by atoms with Gasteiger partial charge in [0.25, 0.3) is 5.91 Å². The standard InChI is InChI=1S/C24H25N3O5/c1-29-20-10-16-8-17(25)23(26-18(16)11-21(20)30-2)15-4-3-7-27(12-15)24(28)14-5-6-19-22(9-14)32-13-31-19/h5-6,8-11,15H,3-4,7,12-13,25H2,1-2H3. The van der Waals surface area contributed by atoms with Crippen LogP contribution >= 0.6 is 0 Å². The minimum absolute atomic E-state index is 0.0289. The topological polar surface area (TPSA) is 96.1 Å². The van der Waals surface area contributed by atoms with E-state index in [1.165, 1.54) is 0 Å². The first-order valence-corrected chi connectivity index (χ1v) is 10.6. The van der Waals surface area contributed by atoms with Crippen LogP contribution in [-0.2, 0) is 0 Å². The molecule has 8 heteroatoms. The number of amides is 1. The average molecular weight is 435 g/mol. The number of carbonyl (C=O) groups is 1. The summed E-state index contributed by atoms with van der Waals surface area (Å²) < 4.78 is 21.6. The molecule has 0 bridgehead atoms. The third kappa shape index (κ3) is 3.51. The maximum absolute atomic E-state index is 13.2. The molecule has 1 amide bonds. The van der Waals surface area contributed by atoms with Crippen LogP contribution in [0.5, 0.6) is 23.0 Å². The Hall–Kier alpha value is -3.68. The number of nitrogens with zero attached hydrogens (tertiary/aromatic N) is 2. The number of fused-ring (bicyclic) bond motifs is 2. The number of pyridine rings is 1. The van der Waals surface area contributed by atoms with E-state index in [9.17, 15) is 4.79 Å². The fourth-order valence-corrected chi connectivity index (χ4v) is 4.46. The van der Waals surface area contributed by atoms with E-state index in [0.717, 1.165) is 29.4 Å². The van der Waals surface area contributed by atoms with E-state index in [2.05, 4.69) is 0 Å². The molecule has 3 heterocycles. The Labute approximate surface area is 185 Å². The predicted octanol–water partition coefficient (Wildman–Crippen LogP) is 3.58. The predicted molar refractivity (Wildman–Crippen MR) is 120 cm³/mol. The summed E-state index contributed by atoms with van der Waals surface area (Å²) in [6, 6.07) is 10.9. The molecular weight excluding hydrogens is 410 g/mol. The summed E-state index contributed by atoms with van der Waals surface area (Å²) in [4.78, 5) is 19.9. The molecule has 2 aliphatic heterocycles. The van der Waals surface area contributed by atoms with Gasteiger partial charge in [0.15, 0.2) is 23.0 Å². The van der Waals surface area contributed by atoms with Gasteiger partial charge in [-0.25, -0.2) is 0 Å². The van der Waals surface area contributed by atoms with Crippen molar-refractivity contribution in [2.24, 2.45) is 0 Å². The number of hydrogen-bond donors (Lipinski definition) is 1. The molecule has 0 radical (unpaired) electrons. The van der Waals surface area contributed by atoms with Gasteiger partial charge in [0.2, 0.25) is 6.79 Å². The normalized spacial score (nSPS) is 17.4. The van der Waals surface area contributed by atoms with E-state index in [-0.39, 0.29) is 18.6 Å². The fraction of sp³-hybridized carbons (Fsp3) is 0.333. The second-order valence-electron chi connectivity index (χ2n) is 8.02. The molecule has 0 aliphatic carbocycles. The summed E-state index contributed by atoms with van der Waals surface area (Å²) in [5, 5.41) is 0.882. The molecule has 166 valence electrons. The van der Waals surface area contributed by atoms with Gasteiger partial charge in [-0.3, -0.25) is 9.78 Å². The summed E-state index contributed by atoms with van der Waals surface area (Å²) in [6.07, 6.45) is 1.80. The second kappa shape index (κ2) is 8.11. The highest BCUT2D eigenvalue weighted by Gasteiger charge is 2.29. The van der Waals surface area contributed by atoms with Gasteiger partial charge in [0, 0.05) is 36.0 Å². The van der Waals surface area contributed by atoms with E-state index in [1.54, 1.807) is 32.4 Å². The molecule has 8 nitrogen and oxygen atoms in total. The Kier molecular flexibility index (Phi) is 5.13. The molecule has 0 spiro atoms. The van der Waals surface area contributed by atoms with Crippen LogP contribution < -0.4 is 24.7 Å². The lowest BCUT2D eigenvalue weighted by Gasteiger charge is -2.33. The molecule has 32 heavy (non-hydrogen) atoms. The fourth-order valence-electron chi connectivity index (χ4n) is 4.46. The number of anilines is 1. The number of ether oxygens (including phenoxy) is 4. The van der Waals surface area contributed by atoms with Crippen LogP contribution in [0.1, 0.15) is 34.8 Å². The number of likely N-dealkylation sites (tertiary alicyclic amines) is 1. The molecule has 1 atom stereocenters. The Bertz CT molecular complexity index is 1200. The molecule has 2 aromatic carbocycles. The number of methoxy groups -OCH3 is 2. The van der Waals surface area contributed by atoms with Crippen LogP contribution in [-0.4, -0.2) is 49.9 Å². The van der Waals surface area contributed by atoms with Gasteiger partial charge < -0.3 is 29.6 Å². The van der Waals surface area contributed by atoms with Crippen molar-refractivity contribution >= 4 is 22.5 Å². The first kappa shape index (κ1) is 20.2. The van der Waals surface area contributed by atoms with Crippen molar-refractivity contribution in [2.75, 3.05) is 39.8 Å². The Morgan fingerprint density at radius 3 is 2.69 bits per heavy atom. The van der Waals surface area contributed by atoms with Crippen molar-refractivity contribution in [3.05, 3.63) is 47.7 Å². The molecule has 2 N–H and O–H groups in total. The first-order chi connectivity index (χ1) is 15.6. The molecule has 1 unspecified atom stereocenters. The summed E-state index contributed by atoms with van der Waals surface area (Å²) in [5.41, 5.74) is 9.21. The number of nitrogen functional groups attached to an aromatic ring is 1. The zero-order valence-electron chi connectivity index (χ0n) is 18.1. The average Bonchev–Trinajstić information content (AvgIpc) is 3.30. The maximum Gasteiger partial charge on any atom is 0.254 e. The highest BCUT2D eigenvalue weighted by Crippen LogP contribution is 2.37. The largest absolute Gasteiger partial charge is 0.493 e. The first-order valence-electron chi connectivity index (χ1n) is 10.6. The number of carbonyl (C=O) groups excluding carboxylic acids is 1. The number of aromatic nitrogens is 1. The van der Waals surface area contributed by atoms with Crippen molar-refractivity contribution in [1.82, 2.24) is 9.88 Å². The van der Waals surface area contributed by atoms with Crippen LogP contribution in [0.15, 0.2) is 36.4 Å². The van der Waals surface area contributed by atoms with Crippen molar-refractivity contribution in [1.29, 1.82) is 0 Å². The summed E-state index contributed by atoms with van der Waals surface area (Å²) in [5.74, 6) is 2.55. The Morgan fingerprint density at radius 2 is 1.88 bits per heavy atom. The Morgan fingerprint density at radius 1 is 1.09 bits per heavy atom. The minimum atomic E-state index is -0.0289. The van der Waals surface area contributed by atoms with Crippen molar-refractivity contribution < 1.29 is 23.7 Å². The van der Waals surface area contributed by atoms with E-state index in [4.69, 9.17) is 29.7 Å². The van der Waals surface area contributed by atoms with E-state index in [0.29, 0.717) is 47.3 Å². The van der Waals surface area contributed by atoms with Gasteiger partial charge >= 0.3 is 0 Å². The lowest BCUT2D eigenvalue weighted by Crippen LogP contribution is -2.39. The molecular formula is C24H25N3O5. The highest BCUT2D eigenvalue weighted by molar-refractivity contribution is 5.95. The minimum Gasteiger partial charge on any atom is -0.493 e. The lowest BCUT2D eigenvalue weighted by molar-refractivity contribution is 0.0705. The molecule has 2 aliphatic rings. The van der Waals surface area contributed by atoms with Gasteiger partial charge in [-0.05, 0) is 43.2 Å². The van der Waals surface area contributed by atoms with Crippen LogP contribution in [0.2, 0.25) is 0 Å². The van der Waals surface area contributed by atoms with Crippen LogP contribution in [0.4, 0.5) is 5.69 Å². The molecule has 1 saturated heterocycles. The quantitative estimate of drug-likeness (QED) is 0.669. The van der Waals surface area contributed by atoms with Crippen LogP contribution in [0.3, 0.4) is 0 Å². The monoisotopic (exact) mass is 435 g/mol. The van der Waals surface area contributed by atoms with Gasteiger partial charge in [0.05, 0.1) is 31.1 Å². The zero-order valence-corrected chi connectivity index (χ0v) is 18.1. The molecule has 1 aromatic heterocycles. The maximum atomic E-state index is 13.2. The summed E-state index contributed by atoms with van der Waals surface area (Å²) >= 11 is 0. The van der Waals surface area contributed by atoms with Crippen molar-refractivity contribution in [2.45, 2.75) is 18.8 Å². The SMILES string of the molecule is COc1cc2cc(N)c(C3CCCN(C(=O)c4ccc5c(c4)OCO5)C3)nc2cc1OC. The Balaban J connectivity index is 1.42. The molecule has 1 fully saturated rings.